The molecule has 0 spiro atoms. The van der Waals surface area contributed by atoms with Gasteiger partial charge in [0.05, 0.1) is 5.02 Å². The Hall–Kier alpha value is -0.340. The lowest BCUT2D eigenvalue weighted by atomic mass is 10.3. The molecule has 0 aliphatic heterocycles. The Labute approximate surface area is 94.0 Å². The number of nitrogens with two attached hydrogens (primary N) is 1. The first-order chi connectivity index (χ1) is 6.75. The fourth-order valence-electron chi connectivity index (χ4n) is 1.80. The molecule has 0 aromatic heterocycles. The van der Waals surface area contributed by atoms with Gasteiger partial charge in [-0.1, -0.05) is 24.4 Å². The molecule has 0 amide bonds. The third kappa shape index (κ3) is 2.37. The van der Waals surface area contributed by atoms with Crippen LogP contribution in [0, 0.1) is 0 Å². The van der Waals surface area contributed by atoms with Crippen LogP contribution in [0.4, 0.5) is 5.69 Å². The molecule has 1 nitrogen and oxygen atoms in total. The van der Waals surface area contributed by atoms with Gasteiger partial charge < -0.3 is 5.73 Å². The van der Waals surface area contributed by atoms with Crippen LogP contribution in [-0.2, 0) is 0 Å². The first-order valence-electron chi connectivity index (χ1n) is 4.97. The van der Waals surface area contributed by atoms with E-state index in [9.17, 15) is 0 Å². The molecule has 1 aromatic rings. The van der Waals surface area contributed by atoms with Crippen LogP contribution in [0.3, 0.4) is 0 Å². The average Bonchev–Trinajstić information content (AvgIpc) is 2.62. The van der Waals surface area contributed by atoms with E-state index in [1.807, 2.05) is 30.0 Å². The first-order valence-corrected chi connectivity index (χ1v) is 6.23. The molecule has 0 radical (unpaired) electrons. The molecular formula is C11H14ClNS. The summed E-state index contributed by atoms with van der Waals surface area (Å²) in [6, 6.07) is 5.78. The molecule has 0 heterocycles. The van der Waals surface area contributed by atoms with Crippen LogP contribution >= 0.6 is 23.4 Å². The van der Waals surface area contributed by atoms with Crippen LogP contribution < -0.4 is 5.73 Å². The zero-order valence-electron chi connectivity index (χ0n) is 8.00. The Bertz CT molecular complexity index is 321. The predicted molar refractivity (Wildman–Crippen MR) is 64.0 cm³/mol. The third-order valence-electron chi connectivity index (χ3n) is 2.55. The monoisotopic (exact) mass is 227 g/mol. The number of hydrogen-bond acceptors (Lipinski definition) is 2. The summed E-state index contributed by atoms with van der Waals surface area (Å²) in [5, 5.41) is 1.55. The first kappa shape index (κ1) is 10.2. The summed E-state index contributed by atoms with van der Waals surface area (Å²) >= 11 is 8.01. The normalized spacial score (nSPS) is 17.5. The number of nitrogen functional groups attached to an aromatic ring is 1. The summed E-state index contributed by atoms with van der Waals surface area (Å²) in [7, 11) is 0. The van der Waals surface area contributed by atoms with Crippen molar-refractivity contribution in [2.24, 2.45) is 0 Å². The molecule has 0 saturated heterocycles. The number of thioether (sulfide) groups is 1. The lowest BCUT2D eigenvalue weighted by Gasteiger charge is -2.10. The van der Waals surface area contributed by atoms with E-state index in [1.165, 1.54) is 30.6 Å². The van der Waals surface area contributed by atoms with Crippen molar-refractivity contribution in [2.75, 3.05) is 5.73 Å². The van der Waals surface area contributed by atoms with E-state index in [1.54, 1.807) is 0 Å². The lowest BCUT2D eigenvalue weighted by Crippen LogP contribution is -1.94. The van der Waals surface area contributed by atoms with E-state index in [4.69, 9.17) is 17.3 Å². The van der Waals surface area contributed by atoms with Gasteiger partial charge in [-0.3, -0.25) is 0 Å². The second-order valence-electron chi connectivity index (χ2n) is 3.71. The van der Waals surface area contributed by atoms with Gasteiger partial charge in [-0.2, -0.15) is 0 Å². The molecule has 2 rings (SSSR count). The molecule has 0 atom stereocenters. The predicted octanol–water partition coefficient (Wildman–Crippen LogP) is 3.96. The van der Waals surface area contributed by atoms with Crippen molar-refractivity contribution in [1.29, 1.82) is 0 Å². The fourth-order valence-corrected chi connectivity index (χ4v) is 3.37. The Balaban J connectivity index is 2.08. The minimum Gasteiger partial charge on any atom is -0.399 e. The van der Waals surface area contributed by atoms with E-state index in [2.05, 4.69) is 0 Å². The maximum Gasteiger partial charge on any atom is 0.0562 e. The molecule has 1 aromatic carbocycles. The summed E-state index contributed by atoms with van der Waals surface area (Å²) in [6.07, 6.45) is 5.38. The Morgan fingerprint density at radius 1 is 1.29 bits per heavy atom. The van der Waals surface area contributed by atoms with Crippen molar-refractivity contribution in [3.05, 3.63) is 23.2 Å². The second kappa shape index (κ2) is 4.45. The summed E-state index contributed by atoms with van der Waals surface area (Å²) in [5.41, 5.74) is 6.38. The highest BCUT2D eigenvalue weighted by Gasteiger charge is 2.17. The third-order valence-corrected chi connectivity index (χ3v) is 4.39. The quantitative estimate of drug-likeness (QED) is 0.775. The molecule has 14 heavy (non-hydrogen) atoms. The highest BCUT2D eigenvalue weighted by Crippen LogP contribution is 2.38. The van der Waals surface area contributed by atoms with Crippen LogP contribution in [0.2, 0.25) is 5.02 Å². The average molecular weight is 228 g/mol. The maximum absolute atomic E-state index is 6.11. The summed E-state index contributed by atoms with van der Waals surface area (Å²) in [5.74, 6) is 0. The highest BCUT2D eigenvalue weighted by molar-refractivity contribution is 8.00. The molecule has 1 aliphatic carbocycles. The Morgan fingerprint density at radius 3 is 2.64 bits per heavy atom. The van der Waals surface area contributed by atoms with Crippen LogP contribution in [0.5, 0.6) is 0 Å². The van der Waals surface area contributed by atoms with Crippen molar-refractivity contribution >= 4 is 29.1 Å². The standard InChI is InChI=1S/C11H14ClNS/c12-10-7-8(13)5-6-11(10)14-9-3-1-2-4-9/h5-7,9H,1-4,13H2. The summed E-state index contributed by atoms with van der Waals surface area (Å²) in [6.45, 7) is 0. The van der Waals surface area contributed by atoms with Crippen LogP contribution in [0.15, 0.2) is 23.1 Å². The van der Waals surface area contributed by atoms with Crippen LogP contribution in [0.1, 0.15) is 25.7 Å². The number of halogens is 1. The maximum atomic E-state index is 6.11. The van der Waals surface area contributed by atoms with E-state index in [-0.39, 0.29) is 0 Å². The van der Waals surface area contributed by atoms with Crippen LogP contribution in [0.25, 0.3) is 0 Å². The van der Waals surface area contributed by atoms with Gasteiger partial charge in [0.15, 0.2) is 0 Å². The summed E-state index contributed by atoms with van der Waals surface area (Å²) < 4.78 is 0. The van der Waals surface area contributed by atoms with E-state index >= 15 is 0 Å². The van der Waals surface area contributed by atoms with Gasteiger partial charge in [0.1, 0.15) is 0 Å². The number of anilines is 1. The van der Waals surface area contributed by atoms with Gasteiger partial charge >= 0.3 is 0 Å². The molecule has 3 heteroatoms. The second-order valence-corrected chi connectivity index (χ2v) is 5.46. The van der Waals surface area contributed by atoms with Crippen LogP contribution in [-0.4, -0.2) is 5.25 Å². The van der Waals surface area contributed by atoms with Gasteiger partial charge in [0.25, 0.3) is 0 Å². The molecule has 0 bridgehead atoms. The van der Waals surface area contributed by atoms with Gasteiger partial charge in [-0.15, -0.1) is 11.8 Å². The van der Waals surface area contributed by atoms with Crippen molar-refractivity contribution in [3.8, 4) is 0 Å². The van der Waals surface area contributed by atoms with Gasteiger partial charge in [0, 0.05) is 15.8 Å². The van der Waals surface area contributed by atoms with Crippen molar-refractivity contribution in [2.45, 2.75) is 35.8 Å². The van der Waals surface area contributed by atoms with Crippen molar-refractivity contribution in [1.82, 2.24) is 0 Å². The summed E-state index contributed by atoms with van der Waals surface area (Å²) in [4.78, 5) is 1.17. The highest BCUT2D eigenvalue weighted by atomic mass is 35.5. The van der Waals surface area contributed by atoms with E-state index in [0.29, 0.717) is 0 Å². The molecular weight excluding hydrogens is 214 g/mol. The number of rotatable bonds is 2. The number of benzene rings is 1. The zero-order chi connectivity index (χ0) is 9.97. The number of hydrogen-bond donors (Lipinski definition) is 1. The smallest absolute Gasteiger partial charge is 0.0562 e. The van der Waals surface area contributed by atoms with Crippen molar-refractivity contribution < 1.29 is 0 Å². The van der Waals surface area contributed by atoms with Gasteiger partial charge in [-0.05, 0) is 31.0 Å². The molecule has 1 aliphatic rings. The van der Waals surface area contributed by atoms with Crippen molar-refractivity contribution in [3.63, 3.8) is 0 Å². The van der Waals surface area contributed by atoms with Gasteiger partial charge in [-0.25, -0.2) is 0 Å². The van der Waals surface area contributed by atoms with Gasteiger partial charge in [0.2, 0.25) is 0 Å². The topological polar surface area (TPSA) is 26.0 Å². The molecule has 1 saturated carbocycles. The Morgan fingerprint density at radius 2 is 2.00 bits per heavy atom. The fraction of sp³-hybridized carbons (Fsp3) is 0.455. The molecule has 2 N–H and O–H groups in total. The zero-order valence-corrected chi connectivity index (χ0v) is 9.57. The van der Waals surface area contributed by atoms with E-state index in [0.717, 1.165) is 16.0 Å². The molecule has 76 valence electrons. The molecule has 1 fully saturated rings. The Kier molecular flexibility index (Phi) is 3.24. The molecule has 0 unspecified atom stereocenters. The SMILES string of the molecule is Nc1ccc(SC2CCCC2)c(Cl)c1. The minimum absolute atomic E-state index is 0.741. The minimum atomic E-state index is 0.741. The lowest BCUT2D eigenvalue weighted by molar-refractivity contribution is 0.886. The largest absolute Gasteiger partial charge is 0.399 e. The van der Waals surface area contributed by atoms with E-state index < -0.39 is 0 Å².